The summed E-state index contributed by atoms with van der Waals surface area (Å²) in [4.78, 5) is 24.3. The van der Waals surface area contributed by atoms with Gasteiger partial charge in [0.2, 0.25) is 5.82 Å². The van der Waals surface area contributed by atoms with E-state index >= 15 is 0 Å². The fraction of sp³-hybridized carbons (Fsp3) is 0.222. The smallest absolute Gasteiger partial charge is 0.329 e. The quantitative estimate of drug-likeness (QED) is 0.629. The van der Waals surface area contributed by atoms with E-state index in [1.165, 1.54) is 24.3 Å². The molecule has 1 atom stereocenters. The standard InChI is InChI=1S/C18H12F3N5O2/c1-9-7-14(24-10(2)23-9)13(8-22)15(27)11-3-5-12(6-4-11)16-25-17(28-26-16)18(19,20)21/h3-7,13H,1-2H3. The van der Waals surface area contributed by atoms with Crippen LogP contribution in [-0.4, -0.2) is 25.9 Å². The summed E-state index contributed by atoms with van der Waals surface area (Å²) in [7, 11) is 0. The lowest BCUT2D eigenvalue weighted by molar-refractivity contribution is -0.159. The van der Waals surface area contributed by atoms with Crippen LogP contribution in [0.3, 0.4) is 0 Å². The monoisotopic (exact) mass is 387 g/mol. The average molecular weight is 387 g/mol. The number of Topliss-reactive ketones (excluding diaryl/α,β-unsaturated/α-hetero) is 1. The summed E-state index contributed by atoms with van der Waals surface area (Å²) in [5.41, 5.74) is 1.35. The van der Waals surface area contributed by atoms with E-state index in [1.54, 1.807) is 19.9 Å². The number of benzene rings is 1. The zero-order valence-corrected chi connectivity index (χ0v) is 14.7. The minimum atomic E-state index is -4.74. The number of carbonyl (C=O) groups excluding carboxylic acids is 1. The molecule has 142 valence electrons. The van der Waals surface area contributed by atoms with Crippen molar-refractivity contribution in [1.82, 2.24) is 20.1 Å². The number of nitrogens with zero attached hydrogens (tertiary/aromatic N) is 5. The topological polar surface area (TPSA) is 106 Å². The first-order valence-electron chi connectivity index (χ1n) is 7.96. The molecule has 0 aliphatic carbocycles. The van der Waals surface area contributed by atoms with Gasteiger partial charge >= 0.3 is 12.1 Å². The van der Waals surface area contributed by atoms with Crippen molar-refractivity contribution in [2.75, 3.05) is 0 Å². The number of carbonyl (C=O) groups is 1. The van der Waals surface area contributed by atoms with Gasteiger partial charge in [0.25, 0.3) is 0 Å². The third kappa shape index (κ3) is 3.88. The molecule has 0 fully saturated rings. The number of alkyl halides is 3. The fourth-order valence-electron chi connectivity index (χ4n) is 2.56. The highest BCUT2D eigenvalue weighted by Crippen LogP contribution is 2.29. The van der Waals surface area contributed by atoms with Gasteiger partial charge in [-0.3, -0.25) is 4.79 Å². The van der Waals surface area contributed by atoms with Crippen molar-refractivity contribution in [2.24, 2.45) is 0 Å². The molecular formula is C18H12F3N5O2. The molecule has 0 amide bonds. The second-order valence-electron chi connectivity index (χ2n) is 5.91. The summed E-state index contributed by atoms with van der Waals surface area (Å²) in [6, 6.07) is 9.01. The second kappa shape index (κ2) is 7.19. The first-order valence-corrected chi connectivity index (χ1v) is 7.96. The number of hydrogen-bond acceptors (Lipinski definition) is 7. The van der Waals surface area contributed by atoms with E-state index in [9.17, 15) is 23.2 Å². The maximum Gasteiger partial charge on any atom is 0.471 e. The summed E-state index contributed by atoms with van der Waals surface area (Å²) >= 11 is 0. The summed E-state index contributed by atoms with van der Waals surface area (Å²) in [5, 5.41) is 12.7. The average Bonchev–Trinajstić information content (AvgIpc) is 3.12. The highest BCUT2D eigenvalue weighted by molar-refractivity contribution is 6.02. The largest absolute Gasteiger partial charge is 0.471 e. The van der Waals surface area contributed by atoms with Crippen LogP contribution >= 0.6 is 0 Å². The van der Waals surface area contributed by atoms with Crippen molar-refractivity contribution < 1.29 is 22.5 Å². The molecule has 28 heavy (non-hydrogen) atoms. The summed E-state index contributed by atoms with van der Waals surface area (Å²) in [5.74, 6) is -2.90. The Hall–Kier alpha value is -3.61. The van der Waals surface area contributed by atoms with Crippen LogP contribution in [0.1, 0.15) is 39.4 Å². The van der Waals surface area contributed by atoms with E-state index in [1.807, 2.05) is 6.07 Å². The molecule has 10 heteroatoms. The van der Waals surface area contributed by atoms with Crippen molar-refractivity contribution in [3.8, 4) is 17.5 Å². The molecule has 0 saturated carbocycles. The molecule has 0 bridgehead atoms. The van der Waals surface area contributed by atoms with Gasteiger partial charge in [-0.25, -0.2) is 9.97 Å². The van der Waals surface area contributed by atoms with E-state index in [-0.39, 0.29) is 22.6 Å². The Labute approximate surface area is 156 Å². The van der Waals surface area contributed by atoms with Gasteiger partial charge in [0.1, 0.15) is 5.82 Å². The predicted molar refractivity (Wildman–Crippen MR) is 88.9 cm³/mol. The van der Waals surface area contributed by atoms with Crippen molar-refractivity contribution >= 4 is 5.78 Å². The molecule has 1 unspecified atom stereocenters. The number of ketones is 1. The third-order valence-electron chi connectivity index (χ3n) is 3.77. The number of aromatic nitrogens is 4. The van der Waals surface area contributed by atoms with Gasteiger partial charge in [0, 0.05) is 16.8 Å². The van der Waals surface area contributed by atoms with Gasteiger partial charge in [-0.2, -0.15) is 23.4 Å². The first-order chi connectivity index (χ1) is 13.2. The van der Waals surface area contributed by atoms with Crippen molar-refractivity contribution in [3.63, 3.8) is 0 Å². The molecular weight excluding hydrogens is 375 g/mol. The Kier molecular flexibility index (Phi) is 4.92. The highest BCUT2D eigenvalue weighted by atomic mass is 19.4. The van der Waals surface area contributed by atoms with Crippen LogP contribution in [-0.2, 0) is 6.18 Å². The normalized spacial score (nSPS) is 12.4. The number of nitriles is 1. The van der Waals surface area contributed by atoms with Crippen LogP contribution in [0.4, 0.5) is 13.2 Å². The first kappa shape index (κ1) is 19.2. The van der Waals surface area contributed by atoms with Gasteiger partial charge in [0.05, 0.1) is 11.8 Å². The minimum Gasteiger partial charge on any atom is -0.329 e. The van der Waals surface area contributed by atoms with Crippen LogP contribution in [0.15, 0.2) is 34.9 Å². The number of rotatable bonds is 4. The lowest BCUT2D eigenvalue weighted by Gasteiger charge is -2.09. The fourth-order valence-corrected chi connectivity index (χ4v) is 2.56. The Bertz CT molecular complexity index is 1050. The maximum atomic E-state index is 12.7. The zero-order chi connectivity index (χ0) is 20.5. The molecule has 3 rings (SSSR count). The molecule has 0 saturated heterocycles. The molecule has 3 aromatic rings. The number of halogens is 3. The molecule has 0 N–H and O–H groups in total. The summed E-state index contributed by atoms with van der Waals surface area (Å²) in [6.45, 7) is 3.39. The van der Waals surface area contributed by atoms with Gasteiger partial charge in [0.15, 0.2) is 11.7 Å². The Balaban J connectivity index is 1.87. The maximum absolute atomic E-state index is 12.7. The van der Waals surface area contributed by atoms with Crippen molar-refractivity contribution in [3.05, 3.63) is 59.0 Å². The van der Waals surface area contributed by atoms with Crippen LogP contribution in [0.2, 0.25) is 0 Å². The lowest BCUT2D eigenvalue weighted by Crippen LogP contribution is -2.14. The summed E-state index contributed by atoms with van der Waals surface area (Å²) < 4.78 is 41.8. The third-order valence-corrected chi connectivity index (χ3v) is 3.77. The van der Waals surface area contributed by atoms with E-state index in [2.05, 4.69) is 24.6 Å². The number of hydrogen-bond donors (Lipinski definition) is 0. The molecule has 0 radical (unpaired) electrons. The Morgan fingerprint density at radius 1 is 1.14 bits per heavy atom. The summed E-state index contributed by atoms with van der Waals surface area (Å²) in [6.07, 6.45) is -4.74. The Morgan fingerprint density at radius 3 is 2.36 bits per heavy atom. The molecule has 1 aromatic carbocycles. The van der Waals surface area contributed by atoms with Crippen molar-refractivity contribution in [2.45, 2.75) is 25.9 Å². The van der Waals surface area contributed by atoms with Crippen LogP contribution in [0.5, 0.6) is 0 Å². The minimum absolute atomic E-state index is 0.198. The Morgan fingerprint density at radius 2 is 1.82 bits per heavy atom. The van der Waals surface area contributed by atoms with E-state index in [4.69, 9.17) is 0 Å². The van der Waals surface area contributed by atoms with Gasteiger partial charge in [-0.15, -0.1) is 0 Å². The molecule has 2 aromatic heterocycles. The van der Waals surface area contributed by atoms with E-state index in [0.717, 1.165) is 0 Å². The van der Waals surface area contributed by atoms with E-state index < -0.39 is 23.8 Å². The zero-order valence-electron chi connectivity index (χ0n) is 14.7. The van der Waals surface area contributed by atoms with Crippen LogP contribution in [0.25, 0.3) is 11.4 Å². The highest BCUT2D eigenvalue weighted by Gasteiger charge is 2.38. The van der Waals surface area contributed by atoms with Crippen molar-refractivity contribution in [1.29, 1.82) is 5.26 Å². The van der Waals surface area contributed by atoms with Gasteiger partial charge < -0.3 is 4.52 Å². The van der Waals surface area contributed by atoms with Crippen LogP contribution < -0.4 is 0 Å². The molecule has 7 nitrogen and oxygen atoms in total. The van der Waals surface area contributed by atoms with Crippen LogP contribution in [0, 0.1) is 25.2 Å². The molecule has 0 aliphatic rings. The van der Waals surface area contributed by atoms with Gasteiger partial charge in [-0.1, -0.05) is 29.4 Å². The molecule has 0 aliphatic heterocycles. The number of aryl methyl sites for hydroxylation is 2. The molecule has 0 spiro atoms. The molecule has 2 heterocycles. The predicted octanol–water partition coefficient (Wildman–Crippen LogP) is 3.65. The SMILES string of the molecule is Cc1cc(C(C#N)C(=O)c2ccc(-c3noc(C(F)(F)F)n3)cc2)nc(C)n1. The lowest BCUT2D eigenvalue weighted by atomic mass is 9.94. The van der Waals surface area contributed by atoms with E-state index in [0.29, 0.717) is 11.5 Å². The second-order valence-corrected chi connectivity index (χ2v) is 5.91. The van der Waals surface area contributed by atoms with Gasteiger partial charge in [-0.05, 0) is 19.9 Å².